The minimum Gasteiger partial charge on any atom is -0.384 e. The van der Waals surface area contributed by atoms with Gasteiger partial charge >= 0.3 is 0 Å². The summed E-state index contributed by atoms with van der Waals surface area (Å²) in [6.45, 7) is 6.74. The van der Waals surface area contributed by atoms with Crippen LogP contribution in [0.25, 0.3) is 0 Å². The Hall–Kier alpha value is -0.640. The summed E-state index contributed by atoms with van der Waals surface area (Å²) in [5, 5.41) is 0. The molecule has 0 bridgehead atoms. The molecule has 1 saturated heterocycles. The van der Waals surface area contributed by atoms with Crippen LogP contribution in [0.15, 0.2) is 0 Å². The van der Waals surface area contributed by atoms with Crippen molar-refractivity contribution < 1.29 is 0 Å². The SMILES string of the molecule is CC(C)(C)n1c(C2CCCC2)nc(C2CCSC2)c1N. The van der Waals surface area contributed by atoms with Crippen molar-refractivity contribution in [1.29, 1.82) is 0 Å². The summed E-state index contributed by atoms with van der Waals surface area (Å²) in [5.74, 6) is 5.84. The number of nitrogens with two attached hydrogens (primary N) is 1. The monoisotopic (exact) mass is 293 g/mol. The predicted octanol–water partition coefficient (Wildman–Crippen LogP) is 4.10. The highest BCUT2D eigenvalue weighted by atomic mass is 32.2. The summed E-state index contributed by atoms with van der Waals surface area (Å²) in [4.78, 5) is 5.06. The average molecular weight is 293 g/mol. The number of nitrogens with zero attached hydrogens (tertiary/aromatic N) is 2. The van der Waals surface area contributed by atoms with Gasteiger partial charge in [-0.3, -0.25) is 0 Å². The van der Waals surface area contributed by atoms with Crippen LogP contribution < -0.4 is 5.73 Å². The van der Waals surface area contributed by atoms with Crippen LogP contribution in [0.1, 0.15) is 76.2 Å². The van der Waals surface area contributed by atoms with E-state index in [2.05, 4.69) is 25.3 Å². The largest absolute Gasteiger partial charge is 0.384 e. The molecule has 4 heteroatoms. The lowest BCUT2D eigenvalue weighted by atomic mass is 10.0. The van der Waals surface area contributed by atoms with Crippen LogP contribution >= 0.6 is 11.8 Å². The lowest BCUT2D eigenvalue weighted by Crippen LogP contribution is -2.26. The van der Waals surface area contributed by atoms with Gasteiger partial charge in [0.2, 0.25) is 0 Å². The molecule has 3 rings (SSSR count). The first kappa shape index (κ1) is 14.3. The Morgan fingerprint density at radius 3 is 2.40 bits per heavy atom. The molecule has 0 amide bonds. The Balaban J connectivity index is 2.04. The molecule has 1 atom stereocenters. The van der Waals surface area contributed by atoms with Crippen LogP contribution in [0.4, 0.5) is 5.82 Å². The number of imidazole rings is 1. The third kappa shape index (κ3) is 2.47. The normalized spacial score (nSPS) is 24.6. The van der Waals surface area contributed by atoms with Crippen molar-refractivity contribution in [2.75, 3.05) is 17.2 Å². The Morgan fingerprint density at radius 1 is 1.15 bits per heavy atom. The van der Waals surface area contributed by atoms with Crippen LogP contribution in [0.2, 0.25) is 0 Å². The fraction of sp³-hybridized carbons (Fsp3) is 0.812. The molecular weight excluding hydrogens is 266 g/mol. The van der Waals surface area contributed by atoms with Gasteiger partial charge in [0, 0.05) is 23.1 Å². The Morgan fingerprint density at radius 2 is 1.85 bits per heavy atom. The molecule has 0 aromatic carbocycles. The van der Waals surface area contributed by atoms with Gasteiger partial charge in [-0.15, -0.1) is 0 Å². The van der Waals surface area contributed by atoms with Crippen LogP contribution in [0.3, 0.4) is 0 Å². The summed E-state index contributed by atoms with van der Waals surface area (Å²) in [6, 6.07) is 0. The van der Waals surface area contributed by atoms with Crippen molar-refractivity contribution in [3.05, 3.63) is 11.5 Å². The maximum absolute atomic E-state index is 6.53. The fourth-order valence-electron chi connectivity index (χ4n) is 3.68. The van der Waals surface area contributed by atoms with E-state index in [4.69, 9.17) is 10.7 Å². The second-order valence-electron chi connectivity index (χ2n) is 7.29. The lowest BCUT2D eigenvalue weighted by molar-refractivity contribution is 0.377. The number of hydrogen-bond acceptors (Lipinski definition) is 3. The smallest absolute Gasteiger partial charge is 0.127 e. The number of thioether (sulfide) groups is 1. The average Bonchev–Trinajstić information content (AvgIpc) is 3.07. The highest BCUT2D eigenvalue weighted by molar-refractivity contribution is 7.99. The molecule has 1 aromatic rings. The van der Waals surface area contributed by atoms with Gasteiger partial charge in [-0.2, -0.15) is 11.8 Å². The number of rotatable bonds is 2. The number of nitrogen functional groups attached to an aromatic ring is 1. The minimum atomic E-state index is 0.0268. The second-order valence-corrected chi connectivity index (χ2v) is 8.44. The molecule has 0 spiro atoms. The first-order chi connectivity index (χ1) is 9.48. The van der Waals surface area contributed by atoms with E-state index < -0.39 is 0 Å². The van der Waals surface area contributed by atoms with Crippen molar-refractivity contribution in [3.8, 4) is 0 Å². The first-order valence-corrected chi connectivity index (χ1v) is 9.10. The van der Waals surface area contributed by atoms with Crippen molar-refractivity contribution in [1.82, 2.24) is 9.55 Å². The molecule has 1 unspecified atom stereocenters. The van der Waals surface area contributed by atoms with Gasteiger partial charge in [-0.05, 0) is 45.8 Å². The third-order valence-corrected chi connectivity index (χ3v) is 5.84. The zero-order valence-corrected chi connectivity index (χ0v) is 13.8. The minimum absolute atomic E-state index is 0.0268. The molecule has 1 saturated carbocycles. The summed E-state index contributed by atoms with van der Waals surface area (Å²) >= 11 is 2.04. The molecule has 1 aliphatic heterocycles. The van der Waals surface area contributed by atoms with Gasteiger partial charge in [0.15, 0.2) is 0 Å². The first-order valence-electron chi connectivity index (χ1n) is 7.94. The fourth-order valence-corrected chi connectivity index (χ4v) is 4.91. The molecule has 1 aliphatic carbocycles. The maximum Gasteiger partial charge on any atom is 0.127 e. The van der Waals surface area contributed by atoms with Gasteiger partial charge in [-0.25, -0.2) is 4.98 Å². The van der Waals surface area contributed by atoms with Gasteiger partial charge < -0.3 is 10.3 Å². The molecule has 2 fully saturated rings. The molecule has 2 aliphatic rings. The second kappa shape index (κ2) is 5.28. The van der Waals surface area contributed by atoms with Crippen molar-refractivity contribution in [3.63, 3.8) is 0 Å². The van der Waals surface area contributed by atoms with E-state index >= 15 is 0 Å². The van der Waals surface area contributed by atoms with Crippen LogP contribution in [-0.4, -0.2) is 21.1 Å². The highest BCUT2D eigenvalue weighted by Crippen LogP contribution is 2.41. The Kier molecular flexibility index (Phi) is 3.78. The lowest BCUT2D eigenvalue weighted by Gasteiger charge is -2.27. The molecule has 3 nitrogen and oxygen atoms in total. The van der Waals surface area contributed by atoms with Crippen molar-refractivity contribution >= 4 is 17.6 Å². The zero-order chi connectivity index (χ0) is 14.3. The summed E-state index contributed by atoms with van der Waals surface area (Å²) < 4.78 is 2.33. The molecule has 1 aromatic heterocycles. The molecule has 2 heterocycles. The molecule has 20 heavy (non-hydrogen) atoms. The number of anilines is 1. The van der Waals surface area contributed by atoms with Gasteiger partial charge in [0.1, 0.15) is 11.6 Å². The van der Waals surface area contributed by atoms with E-state index in [1.165, 1.54) is 55.1 Å². The van der Waals surface area contributed by atoms with Gasteiger partial charge in [0.05, 0.1) is 5.69 Å². The van der Waals surface area contributed by atoms with Crippen LogP contribution in [0, 0.1) is 0 Å². The topological polar surface area (TPSA) is 43.8 Å². The van der Waals surface area contributed by atoms with Gasteiger partial charge in [0.25, 0.3) is 0 Å². The Bertz CT molecular complexity index is 475. The molecule has 0 radical (unpaired) electrons. The third-order valence-electron chi connectivity index (χ3n) is 4.67. The van der Waals surface area contributed by atoms with E-state index in [1.54, 1.807) is 0 Å². The molecule has 112 valence electrons. The standard InChI is InChI=1S/C16H27N3S/c1-16(2,3)19-14(17)13(12-8-9-20-10-12)18-15(19)11-6-4-5-7-11/h11-12H,4-10,17H2,1-3H3. The van der Waals surface area contributed by atoms with E-state index in [9.17, 15) is 0 Å². The van der Waals surface area contributed by atoms with Crippen LogP contribution in [-0.2, 0) is 5.54 Å². The van der Waals surface area contributed by atoms with Crippen LogP contribution in [0.5, 0.6) is 0 Å². The maximum atomic E-state index is 6.53. The number of hydrogen-bond donors (Lipinski definition) is 1. The Labute approximate surface area is 126 Å². The van der Waals surface area contributed by atoms with Gasteiger partial charge in [-0.1, -0.05) is 12.8 Å². The van der Waals surface area contributed by atoms with Crippen molar-refractivity contribution in [2.45, 2.75) is 70.3 Å². The predicted molar refractivity (Wildman–Crippen MR) is 87.5 cm³/mol. The summed E-state index contributed by atoms with van der Waals surface area (Å²) in [6.07, 6.45) is 6.49. The van der Waals surface area contributed by atoms with E-state index in [1.807, 2.05) is 11.8 Å². The highest BCUT2D eigenvalue weighted by Gasteiger charge is 2.33. The van der Waals surface area contributed by atoms with E-state index in [0.29, 0.717) is 11.8 Å². The molecule has 2 N–H and O–H groups in total. The van der Waals surface area contributed by atoms with Crippen molar-refractivity contribution in [2.24, 2.45) is 0 Å². The summed E-state index contributed by atoms with van der Waals surface area (Å²) in [7, 11) is 0. The van der Waals surface area contributed by atoms with E-state index in [-0.39, 0.29) is 5.54 Å². The summed E-state index contributed by atoms with van der Waals surface area (Å²) in [5.41, 5.74) is 7.74. The number of aromatic nitrogens is 2. The zero-order valence-electron chi connectivity index (χ0n) is 13.0. The quantitative estimate of drug-likeness (QED) is 0.893. The van der Waals surface area contributed by atoms with E-state index in [0.717, 1.165) is 5.82 Å². The molecular formula is C16H27N3S.